The van der Waals surface area contributed by atoms with Crippen LogP contribution in [0.3, 0.4) is 0 Å². The molecule has 0 saturated carbocycles. The molecule has 6 aromatic carbocycles. The third kappa shape index (κ3) is 8.55. The number of anilines is 1. The molecule has 0 aliphatic heterocycles. The van der Waals surface area contributed by atoms with Crippen LogP contribution in [-0.4, -0.2) is 26.5 Å². The van der Waals surface area contributed by atoms with Gasteiger partial charge in [-0.3, -0.25) is 0 Å². The van der Waals surface area contributed by atoms with Crippen LogP contribution in [0, 0.1) is 128 Å². The number of hydrogen-bond acceptors (Lipinski definition) is 2. The van der Waals surface area contributed by atoms with Crippen LogP contribution in [0.1, 0.15) is 11.1 Å². The molecule has 0 aliphatic carbocycles. The number of nitrogens with zero attached hydrogens (tertiary/aromatic N) is 1. The van der Waals surface area contributed by atoms with Gasteiger partial charge in [-0.05, 0) is 30.2 Å². The Morgan fingerprint density at radius 3 is 0.924 bits per heavy atom. The minimum absolute atomic E-state index is 0.487. The topological polar surface area (TPSA) is 20.3 Å². The van der Waals surface area contributed by atoms with Gasteiger partial charge in [0.15, 0.2) is 85.0 Å². The van der Waals surface area contributed by atoms with E-state index in [-0.39, 0.29) is 0 Å². The van der Waals surface area contributed by atoms with Crippen molar-refractivity contribution in [3.63, 3.8) is 0 Å². The van der Waals surface area contributed by atoms with Crippen molar-refractivity contribution in [3.8, 4) is 11.2 Å². The average Bonchev–Trinajstić information content (AvgIpc) is 3.28. The fraction of sp³-hybridized carbons (Fsp3) is 0.0952. The summed E-state index contributed by atoms with van der Waals surface area (Å²) in [5, 5.41) is 2.93. The summed E-state index contributed by atoms with van der Waals surface area (Å²) in [6.07, 6.45) is -5.49. The van der Waals surface area contributed by atoms with Gasteiger partial charge in [0, 0.05) is 30.9 Å². The highest BCUT2D eigenvalue weighted by atomic mass is 32.2. The molecule has 0 aromatic heterocycles. The Labute approximate surface area is 359 Å². The first-order valence-electron chi connectivity index (χ1n) is 17.7. The van der Waals surface area contributed by atoms with Gasteiger partial charge in [0.2, 0.25) is 0 Å². The Balaban J connectivity index is 0.000000324. The largest absolute Gasteiger partial charge is 0.378 e. The van der Waals surface area contributed by atoms with Crippen molar-refractivity contribution < 1.29 is 92.0 Å². The molecule has 0 aliphatic rings. The molecule has 0 bridgehead atoms. The third-order valence-corrected chi connectivity index (χ3v) is 11.2. The maximum absolute atomic E-state index is 15.4. The zero-order valence-electron chi connectivity index (χ0n) is 32.8. The molecule has 0 fully saturated rings. The fourth-order valence-corrected chi connectivity index (χ4v) is 8.04. The van der Waals surface area contributed by atoms with Gasteiger partial charge in [-0.2, -0.15) is 0 Å². The van der Waals surface area contributed by atoms with Crippen molar-refractivity contribution in [2.75, 3.05) is 25.3 Å². The third-order valence-electron chi connectivity index (χ3n) is 9.79. The molecular weight excluding hydrogens is 957 g/mol. The lowest BCUT2D eigenvalue weighted by molar-refractivity contribution is 0.378. The van der Waals surface area contributed by atoms with E-state index < -0.39 is 154 Å². The highest BCUT2D eigenvalue weighted by Crippen LogP contribution is 2.31. The summed E-state index contributed by atoms with van der Waals surface area (Å²) in [7, 11) is 1.82. The Morgan fingerprint density at radius 2 is 0.667 bits per heavy atom. The van der Waals surface area contributed by atoms with Gasteiger partial charge in [-0.15, -0.1) is 21.9 Å². The van der Waals surface area contributed by atoms with Crippen LogP contribution >= 0.6 is 0 Å². The van der Waals surface area contributed by atoms with E-state index in [1.54, 1.807) is 6.26 Å². The van der Waals surface area contributed by atoms with Crippen molar-refractivity contribution >= 4 is 43.6 Å². The summed E-state index contributed by atoms with van der Waals surface area (Å²) >= 11 is 0. The summed E-state index contributed by atoms with van der Waals surface area (Å²) in [6, 6.07) is 17.8. The summed E-state index contributed by atoms with van der Waals surface area (Å²) in [6.45, 7) is 0. The van der Waals surface area contributed by atoms with Gasteiger partial charge in [0.1, 0.15) is 64.7 Å². The van der Waals surface area contributed by atoms with Crippen LogP contribution in [0.25, 0.3) is 0 Å². The van der Waals surface area contributed by atoms with Gasteiger partial charge in [-0.25, -0.2) is 87.8 Å². The van der Waals surface area contributed by atoms with Gasteiger partial charge in [-0.1, -0.05) is 34.5 Å². The number of benzene rings is 6. The SMILES string of the molecule is CN(C)c1ccc(C[S+](C)(=O)C#Cc2ccccc2)cc1.Fc1c(F)c(F)c([B-](c2c(F)c(F)c(F)c(F)c2F)(c2c(F)c(F)c(F)c(F)c2F)c2c(F)c(F)c(F)c(F)c2F)c(F)c1F. The molecule has 6 rings (SSSR count). The first-order chi connectivity index (χ1) is 30.7. The van der Waals surface area contributed by atoms with Crippen molar-refractivity contribution in [2.24, 2.45) is 0 Å². The second-order valence-corrected chi connectivity index (χ2v) is 16.6. The minimum Gasteiger partial charge on any atom is -0.378 e. The van der Waals surface area contributed by atoms with Gasteiger partial charge < -0.3 is 4.90 Å². The molecule has 1 unspecified atom stereocenters. The lowest BCUT2D eigenvalue weighted by Gasteiger charge is -2.44. The molecule has 0 spiro atoms. The maximum atomic E-state index is 15.4. The van der Waals surface area contributed by atoms with Crippen molar-refractivity contribution in [3.05, 3.63) is 182 Å². The average molecular weight is 977 g/mol. The van der Waals surface area contributed by atoms with Gasteiger partial charge >= 0.3 is 0 Å². The van der Waals surface area contributed by atoms with Gasteiger partial charge in [0.05, 0.1) is 0 Å². The molecule has 1 atom stereocenters. The molecule has 0 N–H and O–H groups in total. The Kier molecular flexibility index (Phi) is 14.4. The quantitative estimate of drug-likeness (QED) is 0.0398. The maximum Gasteiger partial charge on any atom is 0.200 e. The standard InChI is InChI=1S/C24BF20.C18H20NOS/c26-5-1(6(27)14(35)21(42)13(5)34)25(2-7(28)15(36)22(43)16(37)8(2)29,3-9(30)17(38)23(44)18(39)10(3)31)4-11(32)19(40)24(45)20(41)12(4)33;1-19(2)18-11-9-17(10-12-18)15-21(3,20)14-13-16-7-5-4-6-8-16/h;4-12H,15H2,1-3H3/q-1;+1. The lowest BCUT2D eigenvalue weighted by Crippen LogP contribution is -2.81. The van der Waals surface area contributed by atoms with Gasteiger partial charge in [0.25, 0.3) is 0 Å². The second kappa shape index (κ2) is 18.8. The van der Waals surface area contributed by atoms with Crippen molar-refractivity contribution in [2.45, 2.75) is 5.75 Å². The smallest absolute Gasteiger partial charge is 0.200 e. The summed E-state index contributed by atoms with van der Waals surface area (Å²) in [5.74, 6) is -67.9. The fourth-order valence-electron chi connectivity index (χ4n) is 6.81. The molecule has 2 nitrogen and oxygen atoms in total. The first kappa shape index (κ1) is 50.5. The highest BCUT2D eigenvalue weighted by molar-refractivity contribution is 8.05. The van der Waals surface area contributed by atoms with Crippen LogP contribution in [-0.2, 0) is 19.9 Å². The van der Waals surface area contributed by atoms with Crippen molar-refractivity contribution in [1.29, 1.82) is 0 Å². The molecule has 66 heavy (non-hydrogen) atoms. The number of rotatable bonds is 7. The molecule has 6 aromatic rings. The van der Waals surface area contributed by atoms with E-state index in [9.17, 15) is 56.9 Å². The molecule has 24 heteroatoms. The molecule has 0 saturated heterocycles. The highest BCUT2D eigenvalue weighted by Gasteiger charge is 2.52. The van der Waals surface area contributed by atoms with E-state index in [2.05, 4.69) is 11.2 Å². The summed E-state index contributed by atoms with van der Waals surface area (Å²) in [4.78, 5) is 2.04. The van der Waals surface area contributed by atoms with Crippen LogP contribution in [0.15, 0.2) is 54.6 Å². The van der Waals surface area contributed by atoms with E-state index in [4.69, 9.17) is 0 Å². The Bertz CT molecular complexity index is 2650. The van der Waals surface area contributed by atoms with Crippen LogP contribution in [0.5, 0.6) is 0 Å². The summed E-state index contributed by atoms with van der Waals surface area (Å²) in [5.41, 5.74) is -11.2. The van der Waals surface area contributed by atoms with Crippen LogP contribution < -0.4 is 26.8 Å². The van der Waals surface area contributed by atoms with Crippen LogP contribution in [0.4, 0.5) is 93.5 Å². The predicted octanol–water partition coefficient (Wildman–Crippen LogP) is 9.24. The van der Waals surface area contributed by atoms with Crippen molar-refractivity contribution in [1.82, 2.24) is 0 Å². The van der Waals surface area contributed by atoms with Crippen LogP contribution in [0.2, 0.25) is 0 Å². The van der Waals surface area contributed by atoms with E-state index in [0.29, 0.717) is 5.75 Å². The van der Waals surface area contributed by atoms with E-state index >= 15 is 35.1 Å². The normalized spacial score (nSPS) is 12.3. The first-order valence-corrected chi connectivity index (χ1v) is 19.8. The molecular formula is C42H20BF20NOS. The molecule has 0 heterocycles. The number of hydrogen-bond donors (Lipinski definition) is 0. The predicted molar refractivity (Wildman–Crippen MR) is 201 cm³/mol. The summed E-state index contributed by atoms with van der Waals surface area (Å²) < 4.78 is 307. The molecule has 0 radical (unpaired) electrons. The van der Waals surface area contributed by atoms with E-state index in [1.165, 1.54) is 0 Å². The molecule has 348 valence electrons. The number of halogens is 20. The lowest BCUT2D eigenvalue weighted by atomic mass is 9.12. The van der Waals surface area contributed by atoms with E-state index in [0.717, 1.165) is 16.8 Å². The Morgan fingerprint density at radius 1 is 0.409 bits per heavy atom. The second-order valence-electron chi connectivity index (χ2n) is 14.1. The molecule has 0 amide bonds. The Hall–Kier alpha value is -6.51. The zero-order chi connectivity index (χ0) is 49.7. The minimum atomic E-state index is -7.22. The zero-order valence-corrected chi connectivity index (χ0v) is 33.6. The monoisotopic (exact) mass is 977 g/mol. The van der Waals surface area contributed by atoms with E-state index in [1.807, 2.05) is 73.6 Å².